The van der Waals surface area contributed by atoms with Crippen molar-refractivity contribution >= 4 is 27.5 Å². The molecule has 1 N–H and O–H groups in total. The predicted molar refractivity (Wildman–Crippen MR) is 148 cm³/mol. The minimum absolute atomic E-state index is 0.102. The van der Waals surface area contributed by atoms with Gasteiger partial charge < -0.3 is 10.2 Å². The van der Waals surface area contributed by atoms with Crippen LogP contribution in [-0.2, 0) is 32.6 Å². The maximum absolute atomic E-state index is 13.9. The molecule has 0 aliphatic rings. The lowest BCUT2D eigenvalue weighted by molar-refractivity contribution is -0.140. The number of rotatable bonds is 11. The zero-order valence-corrected chi connectivity index (χ0v) is 22.9. The van der Waals surface area contributed by atoms with Crippen molar-refractivity contribution in [2.24, 2.45) is 0 Å². The summed E-state index contributed by atoms with van der Waals surface area (Å²) in [5.41, 5.74) is 2.81. The highest BCUT2D eigenvalue weighted by Crippen LogP contribution is 2.21. The topological polar surface area (TPSA) is 86.8 Å². The number of nitrogens with zero attached hydrogens (tertiary/aromatic N) is 2. The van der Waals surface area contributed by atoms with Gasteiger partial charge in [0.25, 0.3) is 0 Å². The summed E-state index contributed by atoms with van der Waals surface area (Å²) in [6.07, 6.45) is 1.23. The Labute approximate surface area is 224 Å². The Morgan fingerprint density at radius 3 is 2.13 bits per heavy atom. The van der Waals surface area contributed by atoms with Crippen LogP contribution in [0.2, 0.25) is 0 Å². The molecular weight excluding hydrogens is 505 g/mol. The first-order chi connectivity index (χ1) is 17.9. The third-order valence-corrected chi connectivity index (χ3v) is 7.07. The van der Waals surface area contributed by atoms with Crippen molar-refractivity contribution in [1.82, 2.24) is 10.2 Å². The number of sulfonamides is 1. The molecule has 9 heteroatoms. The number of nitrogens with one attached hydrogen (secondary N) is 1. The van der Waals surface area contributed by atoms with E-state index in [9.17, 15) is 22.4 Å². The lowest BCUT2D eigenvalue weighted by Crippen LogP contribution is -2.54. The molecule has 0 saturated heterocycles. The van der Waals surface area contributed by atoms with Gasteiger partial charge in [-0.25, -0.2) is 12.8 Å². The second-order valence-electron chi connectivity index (χ2n) is 9.63. The van der Waals surface area contributed by atoms with Gasteiger partial charge >= 0.3 is 0 Å². The average Bonchev–Trinajstić information content (AvgIpc) is 2.85. The quantitative estimate of drug-likeness (QED) is 0.398. The molecular formula is C29H34FN3O4S. The number of carbonyl (C=O) groups is 2. The summed E-state index contributed by atoms with van der Waals surface area (Å²) >= 11 is 0. The van der Waals surface area contributed by atoms with Crippen LogP contribution in [0.1, 0.15) is 30.5 Å². The molecule has 2 amide bonds. The number of benzene rings is 3. The van der Waals surface area contributed by atoms with E-state index in [1.165, 1.54) is 17.0 Å². The van der Waals surface area contributed by atoms with Crippen molar-refractivity contribution < 1.29 is 22.4 Å². The lowest BCUT2D eigenvalue weighted by atomic mass is 10.0. The third kappa shape index (κ3) is 8.14. The molecule has 202 valence electrons. The maximum atomic E-state index is 13.9. The highest BCUT2D eigenvalue weighted by molar-refractivity contribution is 7.92. The molecule has 3 aromatic carbocycles. The molecule has 0 fully saturated rings. The molecule has 1 atom stereocenters. The highest BCUT2D eigenvalue weighted by Gasteiger charge is 2.33. The van der Waals surface area contributed by atoms with E-state index in [4.69, 9.17) is 0 Å². The van der Waals surface area contributed by atoms with Gasteiger partial charge in [0.15, 0.2) is 0 Å². The average molecular weight is 540 g/mol. The summed E-state index contributed by atoms with van der Waals surface area (Å²) in [6, 6.07) is 20.8. The zero-order chi connectivity index (χ0) is 27.9. The number of amides is 2. The molecule has 38 heavy (non-hydrogen) atoms. The van der Waals surface area contributed by atoms with E-state index in [2.05, 4.69) is 5.32 Å². The van der Waals surface area contributed by atoms with E-state index in [0.717, 1.165) is 39.4 Å². The highest BCUT2D eigenvalue weighted by atomic mass is 32.2. The Balaban J connectivity index is 2.05. The molecule has 3 aromatic rings. The van der Waals surface area contributed by atoms with Crippen molar-refractivity contribution in [1.29, 1.82) is 0 Å². The fourth-order valence-corrected chi connectivity index (χ4v) is 5.01. The van der Waals surface area contributed by atoms with Gasteiger partial charge in [-0.3, -0.25) is 13.9 Å². The molecule has 0 bridgehead atoms. The monoisotopic (exact) mass is 539 g/mol. The smallest absolute Gasteiger partial charge is 0.244 e. The minimum atomic E-state index is -3.90. The first kappa shape index (κ1) is 28.8. The van der Waals surface area contributed by atoms with E-state index in [0.29, 0.717) is 0 Å². The third-order valence-electron chi connectivity index (χ3n) is 5.93. The number of halogens is 1. The van der Waals surface area contributed by atoms with Crippen LogP contribution in [0.4, 0.5) is 10.1 Å². The number of aryl methyl sites for hydroxylation is 1. The second kappa shape index (κ2) is 12.7. The van der Waals surface area contributed by atoms with Gasteiger partial charge in [-0.2, -0.15) is 0 Å². The van der Waals surface area contributed by atoms with Gasteiger partial charge in [-0.1, -0.05) is 60.2 Å². The SMILES string of the molecule is Cc1cccc(CN(C(=O)CN(c2ccc(F)cc2)S(C)(=O)=O)[C@H](Cc2ccccc2)C(=O)NC(C)C)c1. The number of hydrogen-bond donors (Lipinski definition) is 1. The van der Waals surface area contributed by atoms with E-state index in [1.54, 1.807) is 0 Å². The van der Waals surface area contributed by atoms with Crippen molar-refractivity contribution in [2.45, 2.75) is 45.8 Å². The van der Waals surface area contributed by atoms with Crippen LogP contribution in [-0.4, -0.2) is 50.0 Å². The van der Waals surface area contributed by atoms with Crippen LogP contribution in [0.3, 0.4) is 0 Å². The van der Waals surface area contributed by atoms with Crippen LogP contribution in [0.15, 0.2) is 78.9 Å². The Morgan fingerprint density at radius 1 is 0.921 bits per heavy atom. The largest absolute Gasteiger partial charge is 0.352 e. The van der Waals surface area contributed by atoms with E-state index >= 15 is 0 Å². The summed E-state index contributed by atoms with van der Waals surface area (Å²) in [5, 5.41) is 2.91. The first-order valence-electron chi connectivity index (χ1n) is 12.4. The van der Waals surface area contributed by atoms with Crippen LogP contribution in [0.5, 0.6) is 0 Å². The fraction of sp³-hybridized carbons (Fsp3) is 0.310. The molecule has 0 radical (unpaired) electrons. The second-order valence-corrected chi connectivity index (χ2v) is 11.5. The van der Waals surface area contributed by atoms with Crippen molar-refractivity contribution in [2.75, 3.05) is 17.1 Å². The molecule has 7 nitrogen and oxygen atoms in total. The van der Waals surface area contributed by atoms with Crippen molar-refractivity contribution in [3.05, 3.63) is 101 Å². The Morgan fingerprint density at radius 2 is 1.55 bits per heavy atom. The number of carbonyl (C=O) groups excluding carboxylic acids is 2. The van der Waals surface area contributed by atoms with Crippen molar-refractivity contribution in [3.8, 4) is 0 Å². The summed E-state index contributed by atoms with van der Waals surface area (Å²) in [5.74, 6) is -1.42. The number of hydrogen-bond acceptors (Lipinski definition) is 4. The van der Waals surface area contributed by atoms with E-state index < -0.39 is 34.3 Å². The van der Waals surface area contributed by atoms with E-state index in [1.807, 2.05) is 75.4 Å². The van der Waals surface area contributed by atoms with Crippen LogP contribution in [0, 0.1) is 12.7 Å². The standard InChI is InChI=1S/C29H34FN3O4S/c1-21(2)31-29(35)27(18-23-10-6-5-7-11-23)32(19-24-12-8-9-22(3)17-24)28(34)20-33(38(4,36)37)26-15-13-25(30)14-16-26/h5-17,21,27H,18-20H2,1-4H3,(H,31,35)/t27-/m1/s1. The Bertz CT molecular complexity index is 1350. The number of anilines is 1. The van der Waals surface area contributed by atoms with Gasteiger partial charge in [0.05, 0.1) is 11.9 Å². The summed E-state index contributed by atoms with van der Waals surface area (Å²) < 4.78 is 39.9. The van der Waals surface area contributed by atoms with Gasteiger partial charge in [-0.15, -0.1) is 0 Å². The molecule has 0 spiro atoms. The lowest BCUT2D eigenvalue weighted by Gasteiger charge is -2.34. The predicted octanol–water partition coefficient (Wildman–Crippen LogP) is 4.06. The van der Waals surface area contributed by atoms with Gasteiger partial charge in [0.2, 0.25) is 21.8 Å². The fourth-order valence-electron chi connectivity index (χ4n) is 4.16. The molecule has 0 aromatic heterocycles. The van der Waals surface area contributed by atoms with E-state index in [-0.39, 0.29) is 30.6 Å². The molecule has 3 rings (SSSR count). The Hall–Kier alpha value is -3.72. The summed E-state index contributed by atoms with van der Waals surface area (Å²) in [7, 11) is -3.90. The van der Waals surface area contributed by atoms with Crippen LogP contribution >= 0.6 is 0 Å². The molecule has 0 aliphatic heterocycles. The first-order valence-corrected chi connectivity index (χ1v) is 14.2. The van der Waals surface area contributed by atoms with Gasteiger partial charge in [0, 0.05) is 19.0 Å². The maximum Gasteiger partial charge on any atom is 0.244 e. The summed E-state index contributed by atoms with van der Waals surface area (Å²) in [6.45, 7) is 5.16. The molecule has 0 heterocycles. The zero-order valence-electron chi connectivity index (χ0n) is 22.1. The summed E-state index contributed by atoms with van der Waals surface area (Å²) in [4.78, 5) is 28.8. The molecule has 0 unspecified atom stereocenters. The van der Waals surface area contributed by atoms with Gasteiger partial charge in [0.1, 0.15) is 18.4 Å². The van der Waals surface area contributed by atoms with Crippen LogP contribution in [0.25, 0.3) is 0 Å². The van der Waals surface area contributed by atoms with Gasteiger partial charge in [-0.05, 0) is 56.2 Å². The molecule has 0 saturated carbocycles. The Kier molecular flexibility index (Phi) is 9.63. The van der Waals surface area contributed by atoms with Crippen LogP contribution < -0.4 is 9.62 Å². The van der Waals surface area contributed by atoms with Crippen molar-refractivity contribution in [3.63, 3.8) is 0 Å². The molecule has 0 aliphatic carbocycles. The normalized spacial score (nSPS) is 12.2. The minimum Gasteiger partial charge on any atom is -0.352 e.